The maximum atomic E-state index is 13.4. The standard InChI is InChI=1S/C25H33N3O2S/c1-6-27(7-2)13-14-28(24(29)16-20-10-9-18(4)19(5)15-20)25-26-22-12-11-21(30-8-3)17-23(22)31-25/h9-12,15,17H,6-8,13-14,16H2,1-5H3. The molecule has 166 valence electrons. The van der Waals surface area contributed by atoms with Gasteiger partial charge in [0.05, 0.1) is 23.2 Å². The van der Waals surface area contributed by atoms with Crippen molar-refractivity contribution in [1.82, 2.24) is 9.88 Å². The van der Waals surface area contributed by atoms with Crippen LogP contribution >= 0.6 is 11.3 Å². The Morgan fingerprint density at radius 1 is 1.00 bits per heavy atom. The molecule has 0 fully saturated rings. The first-order valence-electron chi connectivity index (χ1n) is 11.1. The molecule has 1 aromatic heterocycles. The minimum absolute atomic E-state index is 0.0829. The Hall–Kier alpha value is -2.44. The molecule has 0 aliphatic rings. The van der Waals surface area contributed by atoms with E-state index in [9.17, 15) is 4.79 Å². The highest BCUT2D eigenvalue weighted by Crippen LogP contribution is 2.32. The summed E-state index contributed by atoms with van der Waals surface area (Å²) in [4.78, 5) is 22.4. The number of aromatic nitrogens is 1. The second kappa shape index (κ2) is 10.7. The summed E-state index contributed by atoms with van der Waals surface area (Å²) >= 11 is 1.55. The third kappa shape index (κ3) is 5.83. The Labute approximate surface area is 189 Å². The number of anilines is 1. The number of thiazole rings is 1. The van der Waals surface area contributed by atoms with E-state index in [0.717, 1.165) is 46.3 Å². The predicted octanol–water partition coefficient (Wildman–Crippen LogP) is 5.23. The summed E-state index contributed by atoms with van der Waals surface area (Å²) in [6.45, 7) is 14.5. The number of carbonyl (C=O) groups excluding carboxylic acids is 1. The van der Waals surface area contributed by atoms with E-state index in [2.05, 4.69) is 50.8 Å². The third-order valence-electron chi connectivity index (χ3n) is 5.65. The summed E-state index contributed by atoms with van der Waals surface area (Å²) in [5, 5.41) is 0.754. The van der Waals surface area contributed by atoms with E-state index in [4.69, 9.17) is 9.72 Å². The highest BCUT2D eigenvalue weighted by Gasteiger charge is 2.21. The maximum Gasteiger partial charge on any atom is 0.233 e. The lowest BCUT2D eigenvalue weighted by molar-refractivity contribution is -0.118. The molecule has 6 heteroatoms. The molecule has 0 aliphatic heterocycles. The lowest BCUT2D eigenvalue weighted by Crippen LogP contribution is -2.39. The van der Waals surface area contributed by atoms with Crippen LogP contribution in [0.5, 0.6) is 5.75 Å². The van der Waals surface area contributed by atoms with E-state index in [-0.39, 0.29) is 5.91 Å². The zero-order valence-electron chi connectivity index (χ0n) is 19.3. The minimum Gasteiger partial charge on any atom is -0.494 e. The number of hydrogen-bond donors (Lipinski definition) is 0. The number of aryl methyl sites for hydroxylation is 2. The van der Waals surface area contributed by atoms with Gasteiger partial charge in [0, 0.05) is 13.1 Å². The van der Waals surface area contributed by atoms with Gasteiger partial charge in [0.2, 0.25) is 5.91 Å². The molecular formula is C25H33N3O2S. The predicted molar refractivity (Wildman–Crippen MR) is 131 cm³/mol. The van der Waals surface area contributed by atoms with Crippen molar-refractivity contribution in [3.05, 3.63) is 53.1 Å². The van der Waals surface area contributed by atoms with E-state index in [0.29, 0.717) is 19.6 Å². The van der Waals surface area contributed by atoms with Crippen molar-refractivity contribution in [3.63, 3.8) is 0 Å². The molecule has 3 aromatic rings. The van der Waals surface area contributed by atoms with Crippen molar-refractivity contribution in [2.24, 2.45) is 0 Å². The van der Waals surface area contributed by atoms with Crippen LogP contribution in [-0.4, -0.2) is 48.6 Å². The monoisotopic (exact) mass is 439 g/mol. The summed E-state index contributed by atoms with van der Waals surface area (Å²) in [7, 11) is 0. The Balaban J connectivity index is 1.88. The largest absolute Gasteiger partial charge is 0.494 e. The zero-order chi connectivity index (χ0) is 22.4. The van der Waals surface area contributed by atoms with Gasteiger partial charge in [-0.05, 0) is 68.8 Å². The fraction of sp³-hybridized carbons (Fsp3) is 0.440. The van der Waals surface area contributed by atoms with Crippen LogP contribution in [-0.2, 0) is 11.2 Å². The zero-order valence-corrected chi connectivity index (χ0v) is 20.1. The molecule has 31 heavy (non-hydrogen) atoms. The van der Waals surface area contributed by atoms with E-state index in [1.807, 2.05) is 30.0 Å². The van der Waals surface area contributed by atoms with E-state index in [1.54, 1.807) is 11.3 Å². The van der Waals surface area contributed by atoms with Gasteiger partial charge in [0.25, 0.3) is 0 Å². The third-order valence-corrected chi connectivity index (χ3v) is 6.69. The summed E-state index contributed by atoms with van der Waals surface area (Å²) in [6.07, 6.45) is 0.374. The number of hydrogen-bond acceptors (Lipinski definition) is 5. The van der Waals surface area contributed by atoms with Gasteiger partial charge in [-0.1, -0.05) is 43.4 Å². The number of ether oxygens (including phenoxy) is 1. The van der Waals surface area contributed by atoms with Crippen molar-refractivity contribution in [1.29, 1.82) is 0 Å². The Morgan fingerprint density at radius 2 is 1.77 bits per heavy atom. The normalized spacial score (nSPS) is 11.3. The lowest BCUT2D eigenvalue weighted by atomic mass is 10.0. The smallest absolute Gasteiger partial charge is 0.233 e. The van der Waals surface area contributed by atoms with Crippen LogP contribution in [0.1, 0.15) is 37.5 Å². The molecule has 0 atom stereocenters. The van der Waals surface area contributed by atoms with Crippen molar-refractivity contribution in [2.75, 3.05) is 37.7 Å². The summed E-state index contributed by atoms with van der Waals surface area (Å²) in [5.74, 6) is 0.917. The molecule has 1 amide bonds. The molecule has 0 N–H and O–H groups in total. The fourth-order valence-electron chi connectivity index (χ4n) is 3.56. The summed E-state index contributed by atoms with van der Waals surface area (Å²) in [5.41, 5.74) is 4.39. The molecule has 0 radical (unpaired) electrons. The van der Waals surface area contributed by atoms with Gasteiger partial charge in [-0.15, -0.1) is 0 Å². The van der Waals surface area contributed by atoms with Crippen LogP contribution in [0.2, 0.25) is 0 Å². The van der Waals surface area contributed by atoms with E-state index >= 15 is 0 Å². The van der Waals surface area contributed by atoms with Crippen molar-refractivity contribution in [2.45, 2.75) is 41.0 Å². The van der Waals surface area contributed by atoms with Crippen LogP contribution in [0.25, 0.3) is 10.2 Å². The molecule has 0 spiro atoms. The topological polar surface area (TPSA) is 45.7 Å². The highest BCUT2D eigenvalue weighted by molar-refractivity contribution is 7.22. The number of amides is 1. The van der Waals surface area contributed by atoms with Crippen LogP contribution in [0.4, 0.5) is 5.13 Å². The Bertz CT molecular complexity index is 1030. The average molecular weight is 440 g/mol. The van der Waals surface area contributed by atoms with Gasteiger partial charge >= 0.3 is 0 Å². The van der Waals surface area contributed by atoms with Gasteiger partial charge in [-0.2, -0.15) is 0 Å². The first kappa shape index (κ1) is 23.2. The molecule has 0 saturated carbocycles. The molecule has 3 rings (SSSR count). The lowest BCUT2D eigenvalue weighted by Gasteiger charge is -2.25. The second-order valence-electron chi connectivity index (χ2n) is 7.73. The van der Waals surface area contributed by atoms with Gasteiger partial charge < -0.3 is 9.64 Å². The molecule has 0 aliphatic carbocycles. The maximum absolute atomic E-state index is 13.4. The fourth-order valence-corrected chi connectivity index (χ4v) is 4.59. The number of fused-ring (bicyclic) bond motifs is 1. The molecule has 0 unspecified atom stereocenters. The SMILES string of the molecule is CCOc1ccc2nc(N(CCN(CC)CC)C(=O)Cc3ccc(C)c(C)c3)sc2c1. The van der Waals surface area contributed by atoms with Crippen LogP contribution in [0.3, 0.4) is 0 Å². The first-order valence-corrected chi connectivity index (χ1v) is 11.9. The quantitative estimate of drug-likeness (QED) is 0.434. The molecular weight excluding hydrogens is 406 g/mol. The minimum atomic E-state index is 0.0829. The van der Waals surface area contributed by atoms with Gasteiger partial charge in [-0.3, -0.25) is 9.69 Å². The van der Waals surface area contributed by atoms with Crippen molar-refractivity contribution in [3.8, 4) is 5.75 Å². The average Bonchev–Trinajstić information content (AvgIpc) is 3.17. The number of carbonyl (C=O) groups is 1. The molecule has 5 nitrogen and oxygen atoms in total. The van der Waals surface area contributed by atoms with Gasteiger partial charge in [-0.25, -0.2) is 4.98 Å². The number of benzene rings is 2. The molecule has 2 aromatic carbocycles. The van der Waals surface area contributed by atoms with Crippen LogP contribution < -0.4 is 9.64 Å². The Kier molecular flexibility index (Phi) is 8.04. The van der Waals surface area contributed by atoms with Crippen LogP contribution in [0.15, 0.2) is 36.4 Å². The molecule has 1 heterocycles. The number of nitrogens with zero attached hydrogens (tertiary/aromatic N) is 3. The highest BCUT2D eigenvalue weighted by atomic mass is 32.1. The van der Waals surface area contributed by atoms with Gasteiger partial charge in [0.15, 0.2) is 5.13 Å². The van der Waals surface area contributed by atoms with Crippen molar-refractivity contribution < 1.29 is 9.53 Å². The van der Waals surface area contributed by atoms with E-state index in [1.165, 1.54) is 11.1 Å². The summed E-state index contributed by atoms with van der Waals surface area (Å²) < 4.78 is 6.67. The van der Waals surface area contributed by atoms with Crippen LogP contribution in [0, 0.1) is 13.8 Å². The second-order valence-corrected chi connectivity index (χ2v) is 8.74. The van der Waals surface area contributed by atoms with Crippen molar-refractivity contribution >= 4 is 32.6 Å². The van der Waals surface area contributed by atoms with E-state index < -0.39 is 0 Å². The Morgan fingerprint density at radius 3 is 2.45 bits per heavy atom. The summed E-state index contributed by atoms with van der Waals surface area (Å²) in [6, 6.07) is 12.2. The molecule has 0 saturated heterocycles. The number of likely N-dealkylation sites (N-methyl/N-ethyl adjacent to an activating group) is 1. The molecule has 0 bridgehead atoms. The van der Waals surface area contributed by atoms with Gasteiger partial charge in [0.1, 0.15) is 5.75 Å². The number of rotatable bonds is 10. The first-order chi connectivity index (χ1) is 14.9.